The van der Waals surface area contributed by atoms with Gasteiger partial charge in [0.15, 0.2) is 0 Å². The van der Waals surface area contributed by atoms with E-state index in [-0.39, 0.29) is 6.10 Å². The fourth-order valence-corrected chi connectivity index (χ4v) is 4.08. The van der Waals surface area contributed by atoms with Crippen molar-refractivity contribution in [2.24, 2.45) is 0 Å². The Hall–Kier alpha value is 0.310. The van der Waals surface area contributed by atoms with Crippen LogP contribution in [0.1, 0.15) is 38.5 Å². The highest BCUT2D eigenvalue weighted by molar-refractivity contribution is 8.00. The molecule has 2 rings (SSSR count). The summed E-state index contributed by atoms with van der Waals surface area (Å²) >= 11 is 2.12. The summed E-state index contributed by atoms with van der Waals surface area (Å²) in [5, 5.41) is 9.52. The molecule has 1 atom stereocenters. The fraction of sp³-hybridized carbons (Fsp3) is 1.00. The summed E-state index contributed by atoms with van der Waals surface area (Å²) in [6, 6.07) is 0. The van der Waals surface area contributed by atoms with E-state index >= 15 is 0 Å². The Morgan fingerprint density at radius 3 is 2.64 bits per heavy atom. The Balaban J connectivity index is 2.00. The number of hydrogen-bond donors (Lipinski definition) is 1. The maximum Gasteiger partial charge on any atom is 0.0561 e. The average molecular weight is 172 g/mol. The predicted molar refractivity (Wildman–Crippen MR) is 48.9 cm³/mol. The molecule has 1 spiro atoms. The zero-order chi connectivity index (χ0) is 7.73. The average Bonchev–Trinajstić information content (AvgIpc) is 2.37. The van der Waals surface area contributed by atoms with Crippen LogP contribution in [0, 0.1) is 0 Å². The molecule has 0 bridgehead atoms. The van der Waals surface area contributed by atoms with Gasteiger partial charge in [-0.05, 0) is 31.4 Å². The first kappa shape index (κ1) is 7.93. The quantitative estimate of drug-likeness (QED) is 0.604. The van der Waals surface area contributed by atoms with Crippen LogP contribution in [0.5, 0.6) is 0 Å². The van der Waals surface area contributed by atoms with Crippen molar-refractivity contribution in [1.82, 2.24) is 0 Å². The Morgan fingerprint density at radius 2 is 2.00 bits per heavy atom. The molecule has 2 aliphatic rings. The summed E-state index contributed by atoms with van der Waals surface area (Å²) in [4.78, 5) is 0. The van der Waals surface area contributed by atoms with Crippen molar-refractivity contribution in [1.29, 1.82) is 0 Å². The summed E-state index contributed by atoms with van der Waals surface area (Å²) in [5.41, 5.74) is 0. The lowest BCUT2D eigenvalue weighted by Gasteiger charge is -2.35. The van der Waals surface area contributed by atoms with Crippen LogP contribution in [0.25, 0.3) is 0 Å². The third-order valence-electron chi connectivity index (χ3n) is 2.98. The lowest BCUT2D eigenvalue weighted by atomic mass is 9.97. The van der Waals surface area contributed by atoms with Crippen molar-refractivity contribution in [2.75, 3.05) is 5.75 Å². The molecule has 2 fully saturated rings. The van der Waals surface area contributed by atoms with Gasteiger partial charge >= 0.3 is 0 Å². The van der Waals surface area contributed by atoms with Gasteiger partial charge in [0, 0.05) is 4.75 Å². The molecule has 1 N–H and O–H groups in total. The topological polar surface area (TPSA) is 20.2 Å². The molecular formula is C9H16OS. The van der Waals surface area contributed by atoms with Gasteiger partial charge in [0.05, 0.1) is 6.10 Å². The van der Waals surface area contributed by atoms with Crippen LogP contribution in [-0.2, 0) is 0 Å². The van der Waals surface area contributed by atoms with E-state index in [9.17, 15) is 5.11 Å². The van der Waals surface area contributed by atoms with E-state index in [0.29, 0.717) is 4.75 Å². The van der Waals surface area contributed by atoms with Gasteiger partial charge in [0.2, 0.25) is 0 Å². The van der Waals surface area contributed by atoms with E-state index in [4.69, 9.17) is 0 Å². The lowest BCUT2D eigenvalue weighted by Crippen LogP contribution is -2.32. The second kappa shape index (κ2) is 2.98. The molecule has 0 aromatic rings. The van der Waals surface area contributed by atoms with E-state index < -0.39 is 0 Å². The number of rotatable bonds is 0. The molecule has 1 aliphatic heterocycles. The standard InChI is InChI=1S/C9H16OS/c10-8-3-6-11-9(7-8)4-1-2-5-9/h8,10H,1-7H2. The highest BCUT2D eigenvalue weighted by atomic mass is 32.2. The van der Waals surface area contributed by atoms with Gasteiger partial charge in [-0.2, -0.15) is 11.8 Å². The van der Waals surface area contributed by atoms with Gasteiger partial charge < -0.3 is 5.11 Å². The summed E-state index contributed by atoms with van der Waals surface area (Å²) < 4.78 is 0.512. The fourth-order valence-electron chi connectivity index (χ4n) is 2.37. The van der Waals surface area contributed by atoms with Crippen LogP contribution in [0.4, 0.5) is 0 Å². The van der Waals surface area contributed by atoms with E-state index in [0.717, 1.165) is 12.8 Å². The minimum absolute atomic E-state index is 0.00866. The molecular weight excluding hydrogens is 156 g/mol. The van der Waals surface area contributed by atoms with Gasteiger partial charge in [-0.15, -0.1) is 0 Å². The van der Waals surface area contributed by atoms with Crippen molar-refractivity contribution in [2.45, 2.75) is 49.4 Å². The van der Waals surface area contributed by atoms with E-state index in [1.807, 2.05) is 0 Å². The molecule has 1 saturated carbocycles. The summed E-state index contributed by atoms with van der Waals surface area (Å²) in [6.07, 6.45) is 7.59. The third-order valence-corrected chi connectivity index (χ3v) is 4.61. The minimum Gasteiger partial charge on any atom is -0.393 e. The highest BCUT2D eigenvalue weighted by Gasteiger charge is 2.38. The second-order valence-electron chi connectivity index (χ2n) is 3.89. The Bertz CT molecular complexity index is 140. The maximum atomic E-state index is 9.52. The predicted octanol–water partition coefficient (Wildman–Crippen LogP) is 2.19. The van der Waals surface area contributed by atoms with Crippen molar-refractivity contribution in [3.63, 3.8) is 0 Å². The van der Waals surface area contributed by atoms with E-state index in [1.165, 1.54) is 31.4 Å². The molecule has 0 amide bonds. The largest absolute Gasteiger partial charge is 0.393 e. The Labute approximate surface area is 72.6 Å². The minimum atomic E-state index is 0.00866. The van der Waals surface area contributed by atoms with Gasteiger partial charge in [-0.3, -0.25) is 0 Å². The van der Waals surface area contributed by atoms with Crippen molar-refractivity contribution in [3.05, 3.63) is 0 Å². The molecule has 1 unspecified atom stereocenters. The van der Waals surface area contributed by atoms with Gasteiger partial charge in [-0.1, -0.05) is 12.8 Å². The first-order valence-electron chi connectivity index (χ1n) is 4.63. The molecule has 0 radical (unpaired) electrons. The van der Waals surface area contributed by atoms with Crippen molar-refractivity contribution in [3.8, 4) is 0 Å². The molecule has 2 heteroatoms. The van der Waals surface area contributed by atoms with Crippen LogP contribution in [0.2, 0.25) is 0 Å². The molecule has 1 nitrogen and oxygen atoms in total. The van der Waals surface area contributed by atoms with Crippen molar-refractivity contribution >= 4 is 11.8 Å². The number of thioether (sulfide) groups is 1. The van der Waals surface area contributed by atoms with Crippen LogP contribution in [-0.4, -0.2) is 21.7 Å². The lowest BCUT2D eigenvalue weighted by molar-refractivity contribution is 0.142. The van der Waals surface area contributed by atoms with Crippen LogP contribution in [0.15, 0.2) is 0 Å². The third kappa shape index (κ3) is 1.57. The van der Waals surface area contributed by atoms with Crippen LogP contribution in [0.3, 0.4) is 0 Å². The number of hydrogen-bond acceptors (Lipinski definition) is 2. The summed E-state index contributed by atoms with van der Waals surface area (Å²) in [6.45, 7) is 0. The zero-order valence-corrected chi connectivity index (χ0v) is 7.70. The van der Waals surface area contributed by atoms with Gasteiger partial charge in [0.1, 0.15) is 0 Å². The summed E-state index contributed by atoms with van der Waals surface area (Å²) in [5.74, 6) is 1.18. The first-order valence-corrected chi connectivity index (χ1v) is 5.61. The van der Waals surface area contributed by atoms with E-state index in [1.54, 1.807) is 0 Å². The Kier molecular flexibility index (Phi) is 2.15. The molecule has 0 aromatic carbocycles. The van der Waals surface area contributed by atoms with Crippen molar-refractivity contribution < 1.29 is 5.11 Å². The first-order chi connectivity index (χ1) is 5.31. The molecule has 0 aromatic heterocycles. The number of aliphatic hydroxyl groups is 1. The monoisotopic (exact) mass is 172 g/mol. The van der Waals surface area contributed by atoms with Crippen LogP contribution >= 0.6 is 11.8 Å². The molecule has 1 saturated heterocycles. The smallest absolute Gasteiger partial charge is 0.0561 e. The van der Waals surface area contributed by atoms with Crippen LogP contribution < -0.4 is 0 Å². The second-order valence-corrected chi connectivity index (χ2v) is 5.45. The normalized spacial score (nSPS) is 36.3. The highest BCUT2D eigenvalue weighted by Crippen LogP contribution is 2.47. The molecule has 11 heavy (non-hydrogen) atoms. The molecule has 64 valence electrons. The SMILES string of the molecule is OC1CCSC2(CCCC2)C1. The van der Waals surface area contributed by atoms with Gasteiger partial charge in [0.25, 0.3) is 0 Å². The zero-order valence-electron chi connectivity index (χ0n) is 6.88. The molecule has 1 aliphatic carbocycles. The van der Waals surface area contributed by atoms with Gasteiger partial charge in [-0.25, -0.2) is 0 Å². The maximum absolute atomic E-state index is 9.52. The molecule has 1 heterocycles. The Morgan fingerprint density at radius 1 is 1.27 bits per heavy atom. The summed E-state index contributed by atoms with van der Waals surface area (Å²) in [7, 11) is 0. The van der Waals surface area contributed by atoms with E-state index in [2.05, 4.69) is 11.8 Å². The number of aliphatic hydroxyl groups excluding tert-OH is 1.